The van der Waals surface area contributed by atoms with E-state index in [1.807, 2.05) is 66.7 Å². The minimum absolute atomic E-state index is 0.126. The lowest BCUT2D eigenvalue weighted by Crippen LogP contribution is -2.49. The summed E-state index contributed by atoms with van der Waals surface area (Å²) >= 11 is 0. The Balaban J connectivity index is 1.09. The molecule has 2 fully saturated rings. The van der Waals surface area contributed by atoms with Crippen LogP contribution < -0.4 is 0 Å². The van der Waals surface area contributed by atoms with Crippen molar-refractivity contribution in [1.82, 2.24) is 15.0 Å². The maximum absolute atomic E-state index is 10.6. The van der Waals surface area contributed by atoms with Crippen LogP contribution in [0.5, 0.6) is 0 Å². The van der Waals surface area contributed by atoms with Gasteiger partial charge in [0, 0.05) is 27.7 Å². The van der Waals surface area contributed by atoms with Crippen LogP contribution >= 0.6 is 0 Å². The van der Waals surface area contributed by atoms with Gasteiger partial charge in [-0.3, -0.25) is 0 Å². The molecule has 1 aromatic heterocycles. The van der Waals surface area contributed by atoms with E-state index in [1.165, 1.54) is 59.1 Å². The molecule has 3 aliphatic rings. The fraction of sp³-hybridized carbons (Fsp3) is 0.216. The fourth-order valence-electron chi connectivity index (χ4n) is 10.7. The highest BCUT2D eigenvalue weighted by Gasteiger charge is 2.56. The Bertz CT molecular complexity index is 2530. The summed E-state index contributed by atoms with van der Waals surface area (Å²) in [6, 6.07) is 53.8. The van der Waals surface area contributed by atoms with Gasteiger partial charge in [0.15, 0.2) is 17.5 Å². The number of hydrogen-bond acceptors (Lipinski definition) is 4. The van der Waals surface area contributed by atoms with Gasteiger partial charge >= 0.3 is 0 Å². The van der Waals surface area contributed by atoms with Crippen LogP contribution in [0.1, 0.15) is 56.2 Å². The van der Waals surface area contributed by atoms with Gasteiger partial charge in [0.05, 0.1) is 11.6 Å². The minimum atomic E-state index is -0.126. The highest BCUT2D eigenvalue weighted by atomic mass is 15.0. The standard InChI is InChI=1S/C51H42N4/c1-32-24-34-26-33(2)51(42(25-32)27-34)46-28-40(22-23-43(46)45-30-44(36-12-6-3-7-13-36)41(31-52)29-47(45)51)35-18-20-39(21-19-35)50-54-48(37-14-8-4-9-15-37)53-49(55-50)38-16-10-5-11-17-38/h3-23,28-30,32-34,42H,24-27H2,1-2H3. The third-order valence-corrected chi connectivity index (χ3v) is 12.9. The molecule has 1 heterocycles. The Kier molecular flexibility index (Phi) is 8.07. The first kappa shape index (κ1) is 33.4. The molecule has 0 saturated heterocycles. The lowest BCUT2D eigenvalue weighted by molar-refractivity contribution is 0.0426. The predicted molar refractivity (Wildman–Crippen MR) is 222 cm³/mol. The van der Waals surface area contributed by atoms with Crippen molar-refractivity contribution in [2.24, 2.45) is 23.7 Å². The summed E-state index contributed by atoms with van der Waals surface area (Å²) in [6.07, 6.45) is 5.04. The van der Waals surface area contributed by atoms with Crippen LogP contribution in [-0.4, -0.2) is 15.0 Å². The molecule has 0 radical (unpaired) electrons. The molecular formula is C51H42N4. The Labute approximate surface area is 323 Å². The van der Waals surface area contributed by atoms with E-state index in [0.29, 0.717) is 35.2 Å². The van der Waals surface area contributed by atoms with Crippen LogP contribution in [0.2, 0.25) is 0 Å². The van der Waals surface area contributed by atoms with Crippen molar-refractivity contribution in [3.05, 3.63) is 162 Å². The number of nitriles is 1. The molecule has 5 atom stereocenters. The first-order chi connectivity index (χ1) is 27.0. The maximum Gasteiger partial charge on any atom is 0.164 e. The molecule has 0 amide bonds. The van der Waals surface area contributed by atoms with Crippen LogP contribution in [0, 0.1) is 35.0 Å². The Morgan fingerprint density at radius 2 is 1.02 bits per heavy atom. The number of nitrogens with zero attached hydrogens (tertiary/aromatic N) is 4. The zero-order valence-corrected chi connectivity index (χ0v) is 31.3. The van der Waals surface area contributed by atoms with E-state index < -0.39 is 0 Å². The second-order valence-corrected chi connectivity index (χ2v) is 16.2. The van der Waals surface area contributed by atoms with E-state index in [2.05, 4.69) is 98.8 Å². The number of fused-ring (bicyclic) bond motifs is 8. The first-order valence-corrected chi connectivity index (χ1v) is 19.8. The fourth-order valence-corrected chi connectivity index (χ4v) is 10.7. The van der Waals surface area contributed by atoms with Gasteiger partial charge in [0.2, 0.25) is 0 Å². The summed E-state index contributed by atoms with van der Waals surface area (Å²) in [5.74, 6) is 4.46. The number of aromatic nitrogens is 3. The van der Waals surface area contributed by atoms with Crippen molar-refractivity contribution in [3.63, 3.8) is 0 Å². The smallest absolute Gasteiger partial charge is 0.164 e. The molecule has 10 rings (SSSR count). The summed E-state index contributed by atoms with van der Waals surface area (Å²) in [6.45, 7) is 4.95. The van der Waals surface area contributed by atoms with E-state index >= 15 is 0 Å². The van der Waals surface area contributed by atoms with Crippen molar-refractivity contribution in [3.8, 4) is 73.6 Å². The monoisotopic (exact) mass is 710 g/mol. The average Bonchev–Trinajstić information content (AvgIpc) is 3.52. The topological polar surface area (TPSA) is 62.5 Å². The molecule has 1 spiro atoms. The summed E-state index contributed by atoms with van der Waals surface area (Å²) in [4.78, 5) is 14.8. The molecule has 4 nitrogen and oxygen atoms in total. The van der Waals surface area contributed by atoms with Crippen LogP contribution in [-0.2, 0) is 5.41 Å². The highest BCUT2D eigenvalue weighted by Crippen LogP contribution is 2.65. The molecule has 7 aromatic rings. The zero-order valence-electron chi connectivity index (χ0n) is 31.3. The zero-order chi connectivity index (χ0) is 37.1. The van der Waals surface area contributed by atoms with Crippen LogP contribution in [0.25, 0.3) is 67.5 Å². The molecule has 2 bridgehead atoms. The van der Waals surface area contributed by atoms with Gasteiger partial charge in [-0.15, -0.1) is 0 Å². The Morgan fingerprint density at radius 3 is 1.62 bits per heavy atom. The lowest BCUT2D eigenvalue weighted by atomic mass is 9.49. The predicted octanol–water partition coefficient (Wildman–Crippen LogP) is 12.4. The number of hydrogen-bond donors (Lipinski definition) is 0. The highest BCUT2D eigenvalue weighted by molar-refractivity contribution is 5.89. The van der Waals surface area contributed by atoms with E-state index in [1.54, 1.807) is 0 Å². The van der Waals surface area contributed by atoms with E-state index in [0.717, 1.165) is 39.3 Å². The summed E-state index contributed by atoms with van der Waals surface area (Å²) in [5, 5.41) is 10.6. The van der Waals surface area contributed by atoms with Crippen molar-refractivity contribution in [1.29, 1.82) is 5.26 Å². The van der Waals surface area contributed by atoms with Gasteiger partial charge in [-0.05, 0) is 106 Å². The maximum atomic E-state index is 10.6. The SMILES string of the molecule is CC1CC2CC(C)C3(c4cc(-c5ccc(-c6nc(-c7ccccc7)nc(-c7ccccc7)n6)cc5)ccc4-c4cc(-c5ccccc5)c(C#N)cc43)C(C1)C2. The molecule has 5 unspecified atom stereocenters. The molecule has 2 saturated carbocycles. The van der Waals surface area contributed by atoms with Gasteiger partial charge in [-0.25, -0.2) is 15.0 Å². The average molecular weight is 711 g/mol. The third-order valence-electron chi connectivity index (χ3n) is 12.9. The second kappa shape index (κ2) is 13.3. The van der Waals surface area contributed by atoms with Gasteiger partial charge in [-0.1, -0.05) is 141 Å². The molecule has 3 aliphatic carbocycles. The van der Waals surface area contributed by atoms with Gasteiger partial charge in [0.1, 0.15) is 0 Å². The Hall–Kier alpha value is -6.18. The van der Waals surface area contributed by atoms with Crippen molar-refractivity contribution in [2.75, 3.05) is 0 Å². The Morgan fingerprint density at radius 1 is 0.491 bits per heavy atom. The third kappa shape index (κ3) is 5.52. The summed E-state index contributed by atoms with van der Waals surface area (Å²) in [5.41, 5.74) is 13.5. The first-order valence-electron chi connectivity index (χ1n) is 19.8. The van der Waals surface area contributed by atoms with E-state index in [9.17, 15) is 5.26 Å². The van der Waals surface area contributed by atoms with E-state index in [4.69, 9.17) is 15.0 Å². The number of benzene rings is 6. The van der Waals surface area contributed by atoms with E-state index in [-0.39, 0.29) is 5.41 Å². The van der Waals surface area contributed by atoms with Crippen LogP contribution in [0.4, 0.5) is 0 Å². The molecule has 4 heteroatoms. The molecule has 55 heavy (non-hydrogen) atoms. The summed E-state index contributed by atoms with van der Waals surface area (Å²) in [7, 11) is 0. The summed E-state index contributed by atoms with van der Waals surface area (Å²) < 4.78 is 0. The minimum Gasteiger partial charge on any atom is -0.208 e. The van der Waals surface area contributed by atoms with Crippen molar-refractivity contribution in [2.45, 2.75) is 44.9 Å². The largest absolute Gasteiger partial charge is 0.208 e. The molecule has 6 aromatic carbocycles. The van der Waals surface area contributed by atoms with Crippen LogP contribution in [0.15, 0.2) is 146 Å². The van der Waals surface area contributed by atoms with Gasteiger partial charge in [-0.2, -0.15) is 5.26 Å². The molecule has 0 aliphatic heterocycles. The molecule has 266 valence electrons. The van der Waals surface area contributed by atoms with Crippen LogP contribution in [0.3, 0.4) is 0 Å². The van der Waals surface area contributed by atoms with Crippen molar-refractivity contribution >= 4 is 0 Å². The quantitative estimate of drug-likeness (QED) is 0.178. The van der Waals surface area contributed by atoms with Crippen molar-refractivity contribution < 1.29 is 0 Å². The normalized spacial score (nSPS) is 22.1. The second-order valence-electron chi connectivity index (χ2n) is 16.2. The lowest BCUT2D eigenvalue weighted by Gasteiger charge is -2.54. The number of rotatable bonds is 5. The molecule has 0 N–H and O–H groups in total. The molecular weight excluding hydrogens is 669 g/mol. The van der Waals surface area contributed by atoms with Gasteiger partial charge < -0.3 is 0 Å². The van der Waals surface area contributed by atoms with Gasteiger partial charge in [0.25, 0.3) is 0 Å².